The topological polar surface area (TPSA) is 18.5 Å². The number of hydrogen-bond acceptors (Lipinski definition) is 2. The minimum absolute atomic E-state index is 0.141. The molecule has 0 atom stereocenters. The van der Waals surface area contributed by atoms with Crippen molar-refractivity contribution < 1.29 is 9.78 Å². The Morgan fingerprint density at radius 1 is 1.07 bits per heavy atom. The van der Waals surface area contributed by atoms with E-state index in [2.05, 4.69) is 13.8 Å². The second kappa shape index (κ2) is 5.13. The predicted octanol–water partition coefficient (Wildman–Crippen LogP) is 3.87. The van der Waals surface area contributed by atoms with Gasteiger partial charge in [-0.05, 0) is 46.5 Å². The van der Waals surface area contributed by atoms with Gasteiger partial charge in [-0.15, -0.1) is 0 Å². The van der Waals surface area contributed by atoms with Crippen LogP contribution in [0.2, 0.25) is 0 Å². The lowest BCUT2D eigenvalue weighted by atomic mass is 9.79. The van der Waals surface area contributed by atoms with E-state index in [1.165, 1.54) is 32.1 Å². The molecular weight excluding hydrogens is 176 g/mol. The van der Waals surface area contributed by atoms with Crippen molar-refractivity contribution in [2.24, 2.45) is 5.92 Å². The van der Waals surface area contributed by atoms with Crippen molar-refractivity contribution >= 4 is 0 Å². The fourth-order valence-electron chi connectivity index (χ4n) is 2.06. The molecule has 1 aliphatic carbocycles. The second-order valence-electron chi connectivity index (χ2n) is 5.01. The van der Waals surface area contributed by atoms with Gasteiger partial charge in [0.15, 0.2) is 0 Å². The van der Waals surface area contributed by atoms with Crippen molar-refractivity contribution in [2.45, 2.75) is 65.4 Å². The minimum atomic E-state index is -0.141. The molecule has 0 aromatic rings. The van der Waals surface area contributed by atoms with Crippen LogP contribution in [0.25, 0.3) is 0 Å². The van der Waals surface area contributed by atoms with Crippen molar-refractivity contribution in [3.8, 4) is 0 Å². The molecule has 0 unspecified atom stereocenters. The summed E-state index contributed by atoms with van der Waals surface area (Å²) in [7, 11) is 0. The van der Waals surface area contributed by atoms with Crippen LogP contribution >= 0.6 is 0 Å². The van der Waals surface area contributed by atoms with Crippen LogP contribution in [-0.2, 0) is 9.78 Å². The van der Waals surface area contributed by atoms with Gasteiger partial charge in [-0.25, -0.2) is 9.78 Å². The van der Waals surface area contributed by atoms with Crippen LogP contribution in [0.4, 0.5) is 0 Å². The highest BCUT2D eigenvalue weighted by Gasteiger charge is 2.32. The maximum atomic E-state index is 5.49. The molecule has 1 rings (SSSR count). The van der Waals surface area contributed by atoms with Crippen LogP contribution in [0.5, 0.6) is 0 Å². The molecule has 83 valence electrons. The van der Waals surface area contributed by atoms with Gasteiger partial charge in [-0.2, -0.15) is 0 Å². The molecule has 2 nitrogen and oxygen atoms in total. The third kappa shape index (κ3) is 3.58. The van der Waals surface area contributed by atoms with Gasteiger partial charge in [0.05, 0.1) is 0 Å². The van der Waals surface area contributed by atoms with Gasteiger partial charge in [0.25, 0.3) is 0 Å². The molecular formula is C12H23O2. The first kappa shape index (κ1) is 12.0. The molecule has 2 heteroatoms. The molecule has 1 aliphatic rings. The molecule has 0 bridgehead atoms. The predicted molar refractivity (Wildman–Crippen MR) is 57.4 cm³/mol. The van der Waals surface area contributed by atoms with Crippen LogP contribution in [0.3, 0.4) is 0 Å². The largest absolute Gasteiger partial charge is 0.230 e. The third-order valence-electron chi connectivity index (χ3n) is 3.01. The molecule has 0 aromatic heterocycles. The molecule has 1 fully saturated rings. The van der Waals surface area contributed by atoms with Gasteiger partial charge in [0.2, 0.25) is 0 Å². The molecule has 0 aliphatic heterocycles. The zero-order chi connectivity index (χ0) is 10.6. The van der Waals surface area contributed by atoms with Gasteiger partial charge < -0.3 is 0 Å². The molecule has 1 saturated carbocycles. The zero-order valence-electron chi connectivity index (χ0n) is 9.93. The summed E-state index contributed by atoms with van der Waals surface area (Å²) in [6, 6.07) is 0. The molecule has 0 heterocycles. The molecule has 0 N–H and O–H groups in total. The van der Waals surface area contributed by atoms with E-state index in [9.17, 15) is 0 Å². The molecule has 0 spiro atoms. The van der Waals surface area contributed by atoms with E-state index < -0.39 is 0 Å². The number of hydrogen-bond donors (Lipinski definition) is 0. The lowest BCUT2D eigenvalue weighted by Crippen LogP contribution is -2.36. The fraction of sp³-hybridized carbons (Fsp3) is 0.917. The Morgan fingerprint density at radius 3 is 2.14 bits per heavy atom. The molecule has 0 amide bonds. The molecule has 0 saturated heterocycles. The van der Waals surface area contributed by atoms with E-state index in [0.717, 1.165) is 6.10 Å². The lowest BCUT2D eigenvalue weighted by molar-refractivity contribution is -0.357. The molecule has 0 aromatic carbocycles. The first-order chi connectivity index (χ1) is 6.52. The van der Waals surface area contributed by atoms with E-state index >= 15 is 0 Å². The second-order valence-corrected chi connectivity index (χ2v) is 5.01. The van der Waals surface area contributed by atoms with Gasteiger partial charge in [-0.1, -0.05) is 19.3 Å². The fourth-order valence-corrected chi connectivity index (χ4v) is 2.06. The standard InChI is InChI=1S/C12H23O2/c1-10(2)13-14-12(3,4)11-8-6-5-7-9-11/h11H,5-9H2,1-4H3. The average Bonchev–Trinajstić information content (AvgIpc) is 2.16. The maximum Gasteiger partial charge on any atom is 0.129 e. The lowest BCUT2D eigenvalue weighted by Gasteiger charge is -2.35. The van der Waals surface area contributed by atoms with E-state index in [1.54, 1.807) is 0 Å². The van der Waals surface area contributed by atoms with Crippen LogP contribution in [-0.4, -0.2) is 5.60 Å². The summed E-state index contributed by atoms with van der Waals surface area (Å²) in [5, 5.41) is 0. The van der Waals surface area contributed by atoms with Gasteiger partial charge >= 0.3 is 0 Å². The summed E-state index contributed by atoms with van der Waals surface area (Å²) in [5.41, 5.74) is -0.141. The first-order valence-corrected chi connectivity index (χ1v) is 5.68. The smallest absolute Gasteiger partial charge is 0.129 e. The van der Waals surface area contributed by atoms with E-state index in [0.29, 0.717) is 5.92 Å². The first-order valence-electron chi connectivity index (χ1n) is 5.68. The quantitative estimate of drug-likeness (QED) is 0.505. The van der Waals surface area contributed by atoms with E-state index in [-0.39, 0.29) is 5.60 Å². The summed E-state index contributed by atoms with van der Waals surface area (Å²) in [4.78, 5) is 10.7. The van der Waals surface area contributed by atoms with Crippen molar-refractivity contribution in [3.63, 3.8) is 0 Å². The summed E-state index contributed by atoms with van der Waals surface area (Å²) >= 11 is 0. The van der Waals surface area contributed by atoms with Crippen LogP contribution in [0.1, 0.15) is 59.8 Å². The summed E-state index contributed by atoms with van der Waals surface area (Å²) in [5.74, 6) is 0.649. The average molecular weight is 199 g/mol. The Labute approximate surface area is 87.9 Å². The normalized spacial score (nSPS) is 20.4. The summed E-state index contributed by atoms with van der Waals surface area (Å²) < 4.78 is 0. The Bertz CT molecular complexity index is 158. The summed E-state index contributed by atoms with van der Waals surface area (Å²) in [6.45, 7) is 8.09. The van der Waals surface area contributed by atoms with Crippen LogP contribution < -0.4 is 0 Å². The summed E-state index contributed by atoms with van der Waals surface area (Å²) in [6.07, 6.45) is 7.48. The van der Waals surface area contributed by atoms with Crippen molar-refractivity contribution in [1.82, 2.24) is 0 Å². The highest BCUT2D eigenvalue weighted by atomic mass is 17.2. The molecule has 1 radical (unpaired) electrons. The van der Waals surface area contributed by atoms with E-state index in [1.807, 2.05) is 13.8 Å². The van der Waals surface area contributed by atoms with Crippen molar-refractivity contribution in [3.05, 3.63) is 6.10 Å². The maximum absolute atomic E-state index is 5.49. The van der Waals surface area contributed by atoms with Crippen molar-refractivity contribution in [2.75, 3.05) is 0 Å². The monoisotopic (exact) mass is 199 g/mol. The SMILES string of the molecule is C[C](C)OOC(C)(C)C1CCCCC1. The number of rotatable bonds is 4. The van der Waals surface area contributed by atoms with Gasteiger partial charge in [0, 0.05) is 0 Å². The minimum Gasteiger partial charge on any atom is -0.230 e. The zero-order valence-corrected chi connectivity index (χ0v) is 9.93. The Morgan fingerprint density at radius 2 is 1.64 bits per heavy atom. The van der Waals surface area contributed by atoms with Crippen LogP contribution in [0, 0.1) is 12.0 Å². The third-order valence-corrected chi connectivity index (χ3v) is 3.01. The Kier molecular flexibility index (Phi) is 4.39. The Balaban J connectivity index is 2.37. The van der Waals surface area contributed by atoms with Gasteiger partial charge in [0.1, 0.15) is 11.7 Å². The molecule has 14 heavy (non-hydrogen) atoms. The Hall–Kier alpha value is -0.0800. The van der Waals surface area contributed by atoms with Gasteiger partial charge in [-0.3, -0.25) is 0 Å². The van der Waals surface area contributed by atoms with Crippen LogP contribution in [0.15, 0.2) is 0 Å². The highest BCUT2D eigenvalue weighted by Crippen LogP contribution is 2.35. The van der Waals surface area contributed by atoms with E-state index in [4.69, 9.17) is 9.78 Å². The van der Waals surface area contributed by atoms with Crippen molar-refractivity contribution in [1.29, 1.82) is 0 Å². The highest BCUT2D eigenvalue weighted by molar-refractivity contribution is 4.81.